The molecule has 148 valence electrons. The maximum absolute atomic E-state index is 12.2. The molecule has 0 aromatic heterocycles. The first kappa shape index (κ1) is 21.1. The van der Waals surface area contributed by atoms with E-state index < -0.39 is 0 Å². The zero-order valence-corrected chi connectivity index (χ0v) is 18.4. The lowest BCUT2D eigenvalue weighted by molar-refractivity contribution is -0.118. The highest BCUT2D eigenvalue weighted by Gasteiger charge is 2.08. The first-order valence-electron chi connectivity index (χ1n) is 9.00. The van der Waals surface area contributed by atoms with E-state index in [1.54, 1.807) is 24.4 Å². The van der Waals surface area contributed by atoms with Crippen LogP contribution in [0.3, 0.4) is 0 Å². The number of carbonyl (C=O) groups excluding carboxylic acids is 1. The minimum absolute atomic E-state index is 0.126. The molecule has 0 saturated carbocycles. The van der Waals surface area contributed by atoms with Crippen LogP contribution in [0.15, 0.2) is 70.1 Å². The largest absolute Gasteiger partial charge is 0.483 e. The molecule has 0 aliphatic rings. The number of benzene rings is 3. The average Bonchev–Trinajstić information content (AvgIpc) is 2.69. The van der Waals surface area contributed by atoms with Crippen molar-refractivity contribution in [1.82, 2.24) is 0 Å². The van der Waals surface area contributed by atoms with Crippen LogP contribution in [0.4, 0.5) is 11.4 Å². The number of halogens is 2. The molecular weight excluding hydrogens is 452 g/mol. The van der Waals surface area contributed by atoms with E-state index in [4.69, 9.17) is 16.3 Å². The fourth-order valence-corrected chi connectivity index (χ4v) is 3.10. The molecule has 0 atom stereocenters. The van der Waals surface area contributed by atoms with Gasteiger partial charge in [0, 0.05) is 27.0 Å². The van der Waals surface area contributed by atoms with Crippen LogP contribution in [-0.2, 0) is 4.79 Å². The van der Waals surface area contributed by atoms with E-state index in [-0.39, 0.29) is 12.5 Å². The molecular formula is C23H20BrClN2O2. The Morgan fingerprint density at radius 2 is 1.86 bits per heavy atom. The molecule has 4 nitrogen and oxygen atoms in total. The van der Waals surface area contributed by atoms with Crippen LogP contribution in [0, 0.1) is 13.8 Å². The SMILES string of the molecule is Cc1ccc(N=Cc2cc(Br)ccc2OCC(=O)Nc2ccc(C)c(Cl)c2)cc1. The summed E-state index contributed by atoms with van der Waals surface area (Å²) in [5, 5.41) is 3.39. The highest BCUT2D eigenvalue weighted by atomic mass is 79.9. The maximum Gasteiger partial charge on any atom is 0.262 e. The third-order valence-corrected chi connectivity index (χ3v) is 5.07. The number of amides is 1. The highest BCUT2D eigenvalue weighted by Crippen LogP contribution is 2.24. The van der Waals surface area contributed by atoms with Crippen LogP contribution >= 0.6 is 27.5 Å². The van der Waals surface area contributed by atoms with Gasteiger partial charge in [-0.05, 0) is 61.9 Å². The van der Waals surface area contributed by atoms with Crippen LogP contribution < -0.4 is 10.1 Å². The molecule has 0 heterocycles. The third-order valence-electron chi connectivity index (χ3n) is 4.17. The van der Waals surface area contributed by atoms with Gasteiger partial charge in [-0.25, -0.2) is 0 Å². The molecule has 29 heavy (non-hydrogen) atoms. The Balaban J connectivity index is 1.67. The predicted octanol–water partition coefficient (Wildman–Crippen LogP) is 6.49. The Bertz CT molecular complexity index is 1050. The second-order valence-electron chi connectivity index (χ2n) is 6.58. The van der Waals surface area contributed by atoms with Gasteiger partial charge >= 0.3 is 0 Å². The summed E-state index contributed by atoms with van der Waals surface area (Å²) in [5.41, 5.74) is 4.37. The van der Waals surface area contributed by atoms with Crippen molar-refractivity contribution in [3.63, 3.8) is 0 Å². The summed E-state index contributed by atoms with van der Waals surface area (Å²) in [7, 11) is 0. The standard InChI is InChI=1S/C23H20BrClN2O2/c1-15-3-7-19(8-4-15)26-13-17-11-18(24)6-10-22(17)29-14-23(28)27-20-9-5-16(2)21(25)12-20/h3-13H,14H2,1-2H3,(H,27,28). The smallest absolute Gasteiger partial charge is 0.262 e. The van der Waals surface area contributed by atoms with Crippen molar-refractivity contribution < 1.29 is 9.53 Å². The molecule has 0 fully saturated rings. The Kier molecular flexibility index (Phi) is 7.07. The number of aryl methyl sites for hydroxylation is 2. The van der Waals surface area contributed by atoms with Crippen molar-refractivity contribution in [3.8, 4) is 5.75 Å². The molecule has 0 radical (unpaired) electrons. The monoisotopic (exact) mass is 470 g/mol. The van der Waals surface area contributed by atoms with E-state index in [1.165, 1.54) is 5.56 Å². The van der Waals surface area contributed by atoms with Crippen LogP contribution in [0.5, 0.6) is 5.75 Å². The van der Waals surface area contributed by atoms with Gasteiger partial charge in [-0.15, -0.1) is 0 Å². The predicted molar refractivity (Wildman–Crippen MR) is 123 cm³/mol. The highest BCUT2D eigenvalue weighted by molar-refractivity contribution is 9.10. The van der Waals surface area contributed by atoms with Gasteiger partial charge in [0.15, 0.2) is 6.61 Å². The lowest BCUT2D eigenvalue weighted by Crippen LogP contribution is -2.20. The molecule has 0 spiro atoms. The first-order chi connectivity index (χ1) is 13.9. The number of carbonyl (C=O) groups is 1. The van der Waals surface area contributed by atoms with Gasteiger partial charge in [0.25, 0.3) is 5.91 Å². The molecule has 0 aliphatic carbocycles. The number of hydrogen-bond donors (Lipinski definition) is 1. The van der Waals surface area contributed by atoms with Gasteiger partial charge in [-0.2, -0.15) is 0 Å². The van der Waals surface area contributed by atoms with Crippen LogP contribution in [0.25, 0.3) is 0 Å². The average molecular weight is 472 g/mol. The summed E-state index contributed by atoms with van der Waals surface area (Å²) in [4.78, 5) is 16.7. The number of anilines is 1. The Labute approximate surface area is 183 Å². The third kappa shape index (κ3) is 6.17. The van der Waals surface area contributed by atoms with Crippen molar-refractivity contribution in [2.24, 2.45) is 4.99 Å². The van der Waals surface area contributed by atoms with E-state index in [2.05, 4.69) is 26.2 Å². The Morgan fingerprint density at radius 3 is 2.59 bits per heavy atom. The molecule has 3 aromatic rings. The lowest BCUT2D eigenvalue weighted by Gasteiger charge is -2.11. The zero-order chi connectivity index (χ0) is 20.8. The molecule has 0 bridgehead atoms. The van der Waals surface area contributed by atoms with Crippen molar-refractivity contribution in [3.05, 3.63) is 86.8 Å². The van der Waals surface area contributed by atoms with Crippen LogP contribution in [-0.4, -0.2) is 18.7 Å². The van der Waals surface area contributed by atoms with E-state index >= 15 is 0 Å². The molecule has 0 aliphatic heterocycles. The minimum atomic E-state index is -0.269. The first-order valence-corrected chi connectivity index (χ1v) is 10.2. The van der Waals surface area contributed by atoms with Gasteiger partial charge in [0.05, 0.1) is 5.69 Å². The topological polar surface area (TPSA) is 50.7 Å². The normalized spacial score (nSPS) is 10.9. The summed E-state index contributed by atoms with van der Waals surface area (Å²) < 4.78 is 6.63. The Morgan fingerprint density at radius 1 is 1.10 bits per heavy atom. The summed E-state index contributed by atoms with van der Waals surface area (Å²) >= 11 is 9.56. The fraction of sp³-hybridized carbons (Fsp3) is 0.130. The van der Waals surface area contributed by atoms with Crippen molar-refractivity contribution >= 4 is 51.0 Å². The summed E-state index contributed by atoms with van der Waals surface area (Å²) in [5.74, 6) is 0.301. The molecule has 0 unspecified atom stereocenters. The van der Waals surface area contributed by atoms with Gasteiger partial charge in [0.1, 0.15) is 5.75 Å². The van der Waals surface area contributed by atoms with E-state index in [9.17, 15) is 4.79 Å². The minimum Gasteiger partial charge on any atom is -0.483 e. The second kappa shape index (κ2) is 9.72. The van der Waals surface area contributed by atoms with Gasteiger partial charge < -0.3 is 10.1 Å². The van der Waals surface area contributed by atoms with Crippen LogP contribution in [0.2, 0.25) is 5.02 Å². The number of nitrogens with zero attached hydrogens (tertiary/aromatic N) is 1. The quantitative estimate of drug-likeness (QED) is 0.418. The zero-order valence-electron chi connectivity index (χ0n) is 16.1. The number of nitrogens with one attached hydrogen (secondary N) is 1. The molecule has 1 N–H and O–H groups in total. The summed E-state index contributed by atoms with van der Waals surface area (Å²) in [6.07, 6.45) is 1.72. The summed E-state index contributed by atoms with van der Waals surface area (Å²) in [6.45, 7) is 3.81. The van der Waals surface area contributed by atoms with Crippen molar-refractivity contribution in [2.75, 3.05) is 11.9 Å². The van der Waals surface area contributed by atoms with Crippen molar-refractivity contribution in [1.29, 1.82) is 0 Å². The van der Waals surface area contributed by atoms with Gasteiger partial charge in [-0.3, -0.25) is 9.79 Å². The Hall–Kier alpha value is -2.63. The second-order valence-corrected chi connectivity index (χ2v) is 7.90. The molecule has 6 heteroatoms. The van der Waals surface area contributed by atoms with E-state index in [0.29, 0.717) is 16.5 Å². The molecule has 3 rings (SSSR count). The molecule has 0 saturated heterocycles. The van der Waals surface area contributed by atoms with E-state index in [0.717, 1.165) is 21.3 Å². The lowest BCUT2D eigenvalue weighted by atomic mass is 10.2. The number of hydrogen-bond acceptors (Lipinski definition) is 3. The number of rotatable bonds is 6. The molecule has 3 aromatic carbocycles. The summed E-state index contributed by atoms with van der Waals surface area (Å²) in [6, 6.07) is 18.8. The van der Waals surface area contributed by atoms with Crippen LogP contribution in [0.1, 0.15) is 16.7 Å². The van der Waals surface area contributed by atoms with Gasteiger partial charge in [0.2, 0.25) is 0 Å². The van der Waals surface area contributed by atoms with Crippen molar-refractivity contribution in [2.45, 2.75) is 13.8 Å². The van der Waals surface area contributed by atoms with E-state index in [1.807, 2.05) is 56.3 Å². The number of aliphatic imine (C=N–C) groups is 1. The maximum atomic E-state index is 12.2. The fourth-order valence-electron chi connectivity index (χ4n) is 2.54. The molecule has 1 amide bonds. The van der Waals surface area contributed by atoms with Gasteiger partial charge in [-0.1, -0.05) is 51.3 Å². The number of ether oxygens (including phenoxy) is 1.